The van der Waals surface area contributed by atoms with Crippen molar-refractivity contribution in [2.24, 2.45) is 10.9 Å². The molecule has 158 valence electrons. The average molecular weight is 502 g/mol. The van der Waals surface area contributed by atoms with Gasteiger partial charge in [0, 0.05) is 44.9 Å². The van der Waals surface area contributed by atoms with Crippen LogP contribution in [-0.4, -0.2) is 55.3 Å². The van der Waals surface area contributed by atoms with Gasteiger partial charge >= 0.3 is 0 Å². The Hall–Kier alpha value is -1.09. The van der Waals surface area contributed by atoms with Crippen molar-refractivity contribution in [1.82, 2.24) is 15.2 Å². The molecule has 0 spiro atoms. The number of nitrogens with zero attached hydrogens (tertiary/aromatic N) is 3. The molecule has 0 radical (unpaired) electrons. The molecule has 2 heterocycles. The SMILES string of the molecule is CCNC(=NCc1ccnc(OC2CCCCC2)c1)N(C)CC1CCOC1.I. The predicted octanol–water partition coefficient (Wildman–Crippen LogP) is 3.84. The molecule has 1 aliphatic carbocycles. The first-order valence-corrected chi connectivity index (χ1v) is 10.4. The fraction of sp³-hybridized carbons (Fsp3) is 0.714. The number of aliphatic imine (C=N–C) groups is 1. The summed E-state index contributed by atoms with van der Waals surface area (Å²) in [6, 6.07) is 4.05. The number of guanidine groups is 1. The van der Waals surface area contributed by atoms with Gasteiger partial charge in [0.15, 0.2) is 5.96 Å². The van der Waals surface area contributed by atoms with Gasteiger partial charge in [-0.2, -0.15) is 0 Å². The summed E-state index contributed by atoms with van der Waals surface area (Å²) < 4.78 is 11.6. The normalized spacial score (nSPS) is 20.5. The van der Waals surface area contributed by atoms with Gasteiger partial charge in [-0.05, 0) is 50.7 Å². The van der Waals surface area contributed by atoms with Crippen molar-refractivity contribution >= 4 is 29.9 Å². The number of aromatic nitrogens is 1. The van der Waals surface area contributed by atoms with Crippen LogP contribution in [0.3, 0.4) is 0 Å². The van der Waals surface area contributed by atoms with Crippen LogP contribution in [0.2, 0.25) is 0 Å². The van der Waals surface area contributed by atoms with Crippen LogP contribution < -0.4 is 10.1 Å². The number of rotatable bonds is 7. The molecule has 1 aromatic rings. The largest absolute Gasteiger partial charge is 0.474 e. The molecule has 1 saturated carbocycles. The van der Waals surface area contributed by atoms with Crippen molar-refractivity contribution < 1.29 is 9.47 Å². The minimum Gasteiger partial charge on any atom is -0.474 e. The molecule has 3 rings (SSSR count). The van der Waals surface area contributed by atoms with Gasteiger partial charge in [-0.1, -0.05) is 6.42 Å². The summed E-state index contributed by atoms with van der Waals surface area (Å²) in [7, 11) is 2.10. The van der Waals surface area contributed by atoms with Gasteiger partial charge in [-0.15, -0.1) is 24.0 Å². The van der Waals surface area contributed by atoms with E-state index in [1.807, 2.05) is 18.3 Å². The molecule has 28 heavy (non-hydrogen) atoms. The van der Waals surface area contributed by atoms with E-state index in [4.69, 9.17) is 14.5 Å². The van der Waals surface area contributed by atoms with E-state index in [-0.39, 0.29) is 24.0 Å². The van der Waals surface area contributed by atoms with Gasteiger partial charge in [0.2, 0.25) is 5.88 Å². The highest BCUT2D eigenvalue weighted by Crippen LogP contribution is 2.22. The first-order valence-electron chi connectivity index (χ1n) is 10.4. The van der Waals surface area contributed by atoms with E-state index in [0.717, 1.165) is 63.0 Å². The van der Waals surface area contributed by atoms with E-state index in [9.17, 15) is 0 Å². The zero-order valence-corrected chi connectivity index (χ0v) is 19.6. The molecule has 1 N–H and O–H groups in total. The third-order valence-corrected chi connectivity index (χ3v) is 5.30. The van der Waals surface area contributed by atoms with Crippen molar-refractivity contribution in [2.75, 3.05) is 33.4 Å². The monoisotopic (exact) mass is 502 g/mol. The van der Waals surface area contributed by atoms with Gasteiger partial charge in [0.25, 0.3) is 0 Å². The molecule has 1 aromatic heterocycles. The van der Waals surface area contributed by atoms with Crippen molar-refractivity contribution in [2.45, 2.75) is 58.1 Å². The molecule has 7 heteroatoms. The van der Waals surface area contributed by atoms with Crippen molar-refractivity contribution in [3.8, 4) is 5.88 Å². The van der Waals surface area contributed by atoms with Gasteiger partial charge < -0.3 is 19.7 Å². The van der Waals surface area contributed by atoms with Crippen molar-refractivity contribution in [3.05, 3.63) is 23.9 Å². The average Bonchev–Trinajstić information content (AvgIpc) is 3.19. The third-order valence-electron chi connectivity index (χ3n) is 5.30. The van der Waals surface area contributed by atoms with Crippen molar-refractivity contribution in [3.63, 3.8) is 0 Å². The van der Waals surface area contributed by atoms with Crippen LogP contribution in [0.4, 0.5) is 0 Å². The number of ether oxygens (including phenoxy) is 2. The minimum absolute atomic E-state index is 0. The summed E-state index contributed by atoms with van der Waals surface area (Å²) >= 11 is 0. The second kappa shape index (κ2) is 12.5. The molecule has 0 amide bonds. The molecule has 1 unspecified atom stereocenters. The summed E-state index contributed by atoms with van der Waals surface area (Å²) in [4.78, 5) is 11.4. The van der Waals surface area contributed by atoms with Crippen LogP contribution in [0.15, 0.2) is 23.3 Å². The number of nitrogens with one attached hydrogen (secondary N) is 1. The summed E-state index contributed by atoms with van der Waals surface area (Å²) in [5.74, 6) is 2.27. The standard InChI is InChI=1S/C21H34N4O2.HI/c1-3-22-21(25(2)15-18-10-12-26-16-18)24-14-17-9-11-23-20(13-17)27-19-7-5-4-6-8-19;/h9,11,13,18-19H,3-8,10,12,14-16H2,1-2H3,(H,22,24);1H. The first-order chi connectivity index (χ1) is 13.2. The smallest absolute Gasteiger partial charge is 0.213 e. The Bertz CT molecular complexity index is 602. The van der Waals surface area contributed by atoms with E-state index in [1.165, 1.54) is 19.3 Å². The highest BCUT2D eigenvalue weighted by molar-refractivity contribution is 14.0. The van der Waals surface area contributed by atoms with Crippen molar-refractivity contribution in [1.29, 1.82) is 0 Å². The lowest BCUT2D eigenvalue weighted by Gasteiger charge is -2.24. The van der Waals surface area contributed by atoms with Gasteiger partial charge in [0.05, 0.1) is 13.2 Å². The molecule has 1 saturated heterocycles. The Morgan fingerprint density at radius 3 is 2.86 bits per heavy atom. The van der Waals surface area contributed by atoms with E-state index < -0.39 is 0 Å². The molecule has 2 fully saturated rings. The zero-order chi connectivity index (χ0) is 18.9. The highest BCUT2D eigenvalue weighted by Gasteiger charge is 2.19. The number of hydrogen-bond acceptors (Lipinski definition) is 4. The second-order valence-electron chi connectivity index (χ2n) is 7.66. The maximum Gasteiger partial charge on any atom is 0.213 e. The maximum absolute atomic E-state index is 6.09. The summed E-state index contributed by atoms with van der Waals surface area (Å²) in [6.45, 7) is 6.29. The van der Waals surface area contributed by atoms with Gasteiger partial charge in [0.1, 0.15) is 6.10 Å². The van der Waals surface area contributed by atoms with Gasteiger partial charge in [-0.25, -0.2) is 9.98 Å². The third kappa shape index (κ3) is 7.39. The Morgan fingerprint density at radius 2 is 2.14 bits per heavy atom. The van der Waals surface area contributed by atoms with Gasteiger partial charge in [-0.3, -0.25) is 0 Å². The van der Waals surface area contributed by atoms with Crippen LogP contribution in [0.25, 0.3) is 0 Å². The fourth-order valence-corrected chi connectivity index (χ4v) is 3.80. The topological polar surface area (TPSA) is 59.0 Å². The molecule has 2 aliphatic rings. The van der Waals surface area contributed by atoms with E-state index in [1.54, 1.807) is 0 Å². The fourth-order valence-electron chi connectivity index (χ4n) is 3.80. The minimum atomic E-state index is 0. The summed E-state index contributed by atoms with van der Waals surface area (Å²) in [5, 5.41) is 3.40. The Kier molecular flexibility index (Phi) is 10.3. The van der Waals surface area contributed by atoms with Crippen LogP contribution >= 0.6 is 24.0 Å². The van der Waals surface area contributed by atoms with Crippen LogP contribution in [0.5, 0.6) is 5.88 Å². The van der Waals surface area contributed by atoms with Crippen LogP contribution in [-0.2, 0) is 11.3 Å². The zero-order valence-electron chi connectivity index (χ0n) is 17.2. The second-order valence-corrected chi connectivity index (χ2v) is 7.66. The lowest BCUT2D eigenvalue weighted by molar-refractivity contribution is 0.148. The Labute approximate surface area is 186 Å². The van der Waals surface area contributed by atoms with Crippen LogP contribution in [0.1, 0.15) is 51.0 Å². The number of pyridine rings is 1. The van der Waals surface area contributed by atoms with E-state index in [0.29, 0.717) is 18.6 Å². The molecular weight excluding hydrogens is 467 g/mol. The van der Waals surface area contributed by atoms with Crippen LogP contribution in [0, 0.1) is 5.92 Å². The number of halogens is 1. The molecule has 0 bridgehead atoms. The lowest BCUT2D eigenvalue weighted by Crippen LogP contribution is -2.41. The quantitative estimate of drug-likeness (QED) is 0.349. The summed E-state index contributed by atoms with van der Waals surface area (Å²) in [6.07, 6.45) is 9.43. The molecule has 6 nitrogen and oxygen atoms in total. The molecular formula is C21H35IN4O2. The highest BCUT2D eigenvalue weighted by atomic mass is 127. The lowest BCUT2D eigenvalue weighted by atomic mass is 9.98. The Morgan fingerprint density at radius 1 is 1.32 bits per heavy atom. The molecule has 0 aromatic carbocycles. The number of hydrogen-bond donors (Lipinski definition) is 1. The van der Waals surface area contributed by atoms with E-state index >= 15 is 0 Å². The summed E-state index contributed by atoms with van der Waals surface area (Å²) in [5.41, 5.74) is 1.13. The maximum atomic E-state index is 6.09. The molecule has 1 aliphatic heterocycles. The first kappa shape index (κ1) is 23.2. The van der Waals surface area contributed by atoms with E-state index in [2.05, 4.69) is 29.2 Å². The predicted molar refractivity (Wildman–Crippen MR) is 124 cm³/mol. The molecule has 1 atom stereocenters. The Balaban J connectivity index is 0.00000280.